The molecule has 2 rings (SSSR count). The zero-order chi connectivity index (χ0) is 11.5. The minimum atomic E-state index is -0.456. The molecule has 0 radical (unpaired) electrons. The maximum absolute atomic E-state index is 11.5. The number of hydrogen-bond donors (Lipinski definition) is 1. The first-order valence-corrected chi connectivity index (χ1v) is 5.71. The molecule has 0 saturated heterocycles. The van der Waals surface area contributed by atoms with Crippen molar-refractivity contribution >= 4 is 27.5 Å². The Morgan fingerprint density at radius 2 is 2.31 bits per heavy atom. The zero-order valence-corrected chi connectivity index (χ0v) is 9.66. The van der Waals surface area contributed by atoms with Crippen molar-refractivity contribution in [3.63, 3.8) is 0 Å². The third kappa shape index (κ3) is 1.91. The number of thiazole rings is 1. The van der Waals surface area contributed by atoms with Gasteiger partial charge in [-0.05, 0) is 12.1 Å². The molecule has 1 atom stereocenters. The molecule has 1 unspecified atom stereocenters. The summed E-state index contributed by atoms with van der Waals surface area (Å²) in [6, 6.07) is 7.75. The van der Waals surface area contributed by atoms with E-state index in [9.17, 15) is 4.79 Å². The zero-order valence-electron chi connectivity index (χ0n) is 8.84. The molecule has 0 aliphatic carbocycles. The van der Waals surface area contributed by atoms with E-state index in [1.807, 2.05) is 24.3 Å². The van der Waals surface area contributed by atoms with Crippen molar-refractivity contribution in [1.82, 2.24) is 4.98 Å². The first-order valence-electron chi connectivity index (χ1n) is 4.89. The van der Waals surface area contributed by atoms with Gasteiger partial charge in [0.05, 0.1) is 17.3 Å². The number of esters is 1. The van der Waals surface area contributed by atoms with Gasteiger partial charge in [-0.3, -0.25) is 4.79 Å². The quantitative estimate of drug-likeness (QED) is 0.820. The number of rotatable bonds is 3. The van der Waals surface area contributed by atoms with Crippen molar-refractivity contribution in [3.05, 3.63) is 29.3 Å². The van der Waals surface area contributed by atoms with Crippen LogP contribution in [0.5, 0.6) is 0 Å². The average molecular weight is 236 g/mol. The Labute approximate surface area is 97.0 Å². The lowest BCUT2D eigenvalue weighted by Crippen LogP contribution is -2.22. The Balaban J connectivity index is 2.41. The summed E-state index contributed by atoms with van der Waals surface area (Å²) in [5, 5.41) is 0.718. The lowest BCUT2D eigenvalue weighted by Gasteiger charge is -2.07. The van der Waals surface area contributed by atoms with Gasteiger partial charge in [-0.1, -0.05) is 12.1 Å². The fourth-order valence-corrected chi connectivity index (χ4v) is 2.55. The predicted molar refractivity (Wildman–Crippen MR) is 63.4 cm³/mol. The molecule has 1 heterocycles. The summed E-state index contributed by atoms with van der Waals surface area (Å²) in [5.41, 5.74) is 6.46. The van der Waals surface area contributed by atoms with Gasteiger partial charge < -0.3 is 10.5 Å². The number of ether oxygens (including phenoxy) is 1. The van der Waals surface area contributed by atoms with Gasteiger partial charge in [0.2, 0.25) is 0 Å². The highest BCUT2D eigenvalue weighted by Gasteiger charge is 2.23. The van der Waals surface area contributed by atoms with E-state index >= 15 is 0 Å². The molecule has 0 aliphatic heterocycles. The lowest BCUT2D eigenvalue weighted by atomic mass is 10.1. The fourth-order valence-electron chi connectivity index (χ4n) is 1.48. The summed E-state index contributed by atoms with van der Waals surface area (Å²) in [7, 11) is 1.36. The van der Waals surface area contributed by atoms with Gasteiger partial charge in [0.25, 0.3) is 0 Å². The van der Waals surface area contributed by atoms with Crippen LogP contribution in [0.4, 0.5) is 0 Å². The van der Waals surface area contributed by atoms with Gasteiger partial charge in [-0.15, -0.1) is 11.3 Å². The second kappa shape index (κ2) is 4.59. The Hall–Kier alpha value is -1.46. The summed E-state index contributed by atoms with van der Waals surface area (Å²) in [5.74, 6) is -0.788. The number of nitrogens with two attached hydrogens (primary N) is 1. The fraction of sp³-hybridized carbons (Fsp3) is 0.273. The smallest absolute Gasteiger partial charge is 0.316 e. The first-order chi connectivity index (χ1) is 7.76. The molecule has 16 heavy (non-hydrogen) atoms. The van der Waals surface area contributed by atoms with E-state index in [0.29, 0.717) is 0 Å². The highest BCUT2D eigenvalue weighted by atomic mass is 32.1. The molecular formula is C11H12N2O2S. The number of carbonyl (C=O) groups is 1. The average Bonchev–Trinajstić information content (AvgIpc) is 2.72. The topological polar surface area (TPSA) is 65.2 Å². The number of hydrogen-bond acceptors (Lipinski definition) is 5. The van der Waals surface area contributed by atoms with Crippen LogP contribution >= 0.6 is 11.3 Å². The van der Waals surface area contributed by atoms with E-state index in [-0.39, 0.29) is 12.5 Å². The molecule has 2 aromatic rings. The van der Waals surface area contributed by atoms with Crippen molar-refractivity contribution in [2.24, 2.45) is 5.73 Å². The highest BCUT2D eigenvalue weighted by molar-refractivity contribution is 7.18. The lowest BCUT2D eigenvalue weighted by molar-refractivity contribution is -0.142. The van der Waals surface area contributed by atoms with Crippen molar-refractivity contribution in [2.75, 3.05) is 13.7 Å². The number of methoxy groups -OCH3 is 1. The molecule has 0 spiro atoms. The number of para-hydroxylation sites is 1. The maximum Gasteiger partial charge on any atom is 0.316 e. The molecule has 84 valence electrons. The largest absolute Gasteiger partial charge is 0.468 e. The summed E-state index contributed by atoms with van der Waals surface area (Å²) in [6.07, 6.45) is 0. The van der Waals surface area contributed by atoms with E-state index in [0.717, 1.165) is 15.2 Å². The predicted octanol–water partition coefficient (Wildman–Crippen LogP) is 1.51. The van der Waals surface area contributed by atoms with Crippen LogP contribution in [0.1, 0.15) is 10.9 Å². The van der Waals surface area contributed by atoms with Crippen molar-refractivity contribution in [1.29, 1.82) is 0 Å². The van der Waals surface area contributed by atoms with Crippen molar-refractivity contribution in [3.8, 4) is 0 Å². The molecule has 0 amide bonds. The van der Waals surface area contributed by atoms with Gasteiger partial charge >= 0.3 is 5.97 Å². The molecule has 4 nitrogen and oxygen atoms in total. The van der Waals surface area contributed by atoms with E-state index in [2.05, 4.69) is 4.98 Å². The molecule has 0 bridgehead atoms. The molecule has 0 fully saturated rings. The minimum absolute atomic E-state index is 0.215. The van der Waals surface area contributed by atoms with Crippen LogP contribution in [0.2, 0.25) is 0 Å². The Morgan fingerprint density at radius 1 is 1.56 bits per heavy atom. The number of aromatic nitrogens is 1. The number of carbonyl (C=O) groups excluding carboxylic acids is 1. The molecular weight excluding hydrogens is 224 g/mol. The molecule has 0 aliphatic rings. The van der Waals surface area contributed by atoms with Crippen LogP contribution in [-0.4, -0.2) is 24.6 Å². The van der Waals surface area contributed by atoms with Crippen LogP contribution in [0.3, 0.4) is 0 Å². The first kappa shape index (κ1) is 11.0. The number of benzene rings is 1. The summed E-state index contributed by atoms with van der Waals surface area (Å²) < 4.78 is 5.76. The van der Waals surface area contributed by atoms with Crippen molar-refractivity contribution < 1.29 is 9.53 Å². The summed E-state index contributed by atoms with van der Waals surface area (Å²) >= 11 is 1.48. The standard InChI is InChI=1S/C11H12N2O2S/c1-15-11(14)7(6-12)10-13-8-4-2-3-5-9(8)16-10/h2-5,7H,6,12H2,1H3. The van der Waals surface area contributed by atoms with Crippen LogP contribution in [0.15, 0.2) is 24.3 Å². The summed E-state index contributed by atoms with van der Waals surface area (Å²) in [6.45, 7) is 0.215. The van der Waals surface area contributed by atoms with E-state index < -0.39 is 5.92 Å². The van der Waals surface area contributed by atoms with Crippen LogP contribution < -0.4 is 5.73 Å². The molecule has 2 N–H and O–H groups in total. The monoisotopic (exact) mass is 236 g/mol. The number of nitrogens with zero attached hydrogens (tertiary/aromatic N) is 1. The van der Waals surface area contributed by atoms with E-state index in [1.54, 1.807) is 0 Å². The molecule has 1 aromatic heterocycles. The Kier molecular flexibility index (Phi) is 3.17. The highest BCUT2D eigenvalue weighted by Crippen LogP contribution is 2.27. The van der Waals surface area contributed by atoms with Crippen LogP contribution in [-0.2, 0) is 9.53 Å². The van der Waals surface area contributed by atoms with Gasteiger partial charge in [0.1, 0.15) is 10.9 Å². The minimum Gasteiger partial charge on any atom is -0.468 e. The van der Waals surface area contributed by atoms with E-state index in [1.165, 1.54) is 18.4 Å². The van der Waals surface area contributed by atoms with E-state index in [4.69, 9.17) is 10.5 Å². The van der Waals surface area contributed by atoms with Gasteiger partial charge in [0.15, 0.2) is 0 Å². The third-order valence-electron chi connectivity index (χ3n) is 2.33. The SMILES string of the molecule is COC(=O)C(CN)c1nc2ccccc2s1. The van der Waals surface area contributed by atoms with Crippen molar-refractivity contribution in [2.45, 2.75) is 5.92 Å². The second-order valence-corrected chi connectivity index (χ2v) is 4.39. The van der Waals surface area contributed by atoms with Gasteiger partial charge in [-0.25, -0.2) is 4.98 Å². The normalized spacial score (nSPS) is 12.6. The Bertz CT molecular complexity index is 476. The van der Waals surface area contributed by atoms with Crippen LogP contribution in [0, 0.1) is 0 Å². The summed E-state index contributed by atoms with van der Waals surface area (Å²) in [4.78, 5) is 15.9. The maximum atomic E-state index is 11.5. The van der Waals surface area contributed by atoms with Crippen LogP contribution in [0.25, 0.3) is 10.2 Å². The third-order valence-corrected chi connectivity index (χ3v) is 3.48. The van der Waals surface area contributed by atoms with Gasteiger partial charge in [-0.2, -0.15) is 0 Å². The molecule has 5 heteroatoms. The number of fused-ring (bicyclic) bond motifs is 1. The second-order valence-electron chi connectivity index (χ2n) is 3.33. The Morgan fingerprint density at radius 3 is 2.94 bits per heavy atom. The molecule has 0 saturated carbocycles. The molecule has 1 aromatic carbocycles. The van der Waals surface area contributed by atoms with Gasteiger partial charge in [0, 0.05) is 6.54 Å².